The second kappa shape index (κ2) is 13.0. The summed E-state index contributed by atoms with van der Waals surface area (Å²) in [4.78, 5) is 28.2. The first-order valence-electron chi connectivity index (χ1n) is 12.1. The van der Waals surface area contributed by atoms with Gasteiger partial charge in [-0.1, -0.05) is 49.4 Å². The lowest BCUT2D eigenvalue weighted by Gasteiger charge is -2.33. The van der Waals surface area contributed by atoms with Crippen LogP contribution < -0.4 is 19.1 Å². The van der Waals surface area contributed by atoms with Crippen LogP contribution in [0.3, 0.4) is 0 Å². The van der Waals surface area contributed by atoms with Gasteiger partial charge in [0.05, 0.1) is 24.8 Å². The molecule has 0 aliphatic rings. The van der Waals surface area contributed by atoms with Crippen molar-refractivity contribution in [3.05, 3.63) is 84.4 Å². The summed E-state index contributed by atoms with van der Waals surface area (Å²) in [5.74, 6) is -0.00474. The first kappa shape index (κ1) is 28.5. The minimum absolute atomic E-state index is 0.0244. The molecule has 38 heavy (non-hydrogen) atoms. The second-order valence-corrected chi connectivity index (χ2v) is 10.3. The SMILES string of the molecule is CC[C@@H](C(=O)NC)N(Cc1cccc(OC)c1)C(=O)CN(c1ccccc1OC)S(=O)(=O)c1ccccc1. The van der Waals surface area contributed by atoms with Gasteiger partial charge in [-0.2, -0.15) is 0 Å². The van der Waals surface area contributed by atoms with Gasteiger partial charge in [0.1, 0.15) is 24.1 Å². The topological polar surface area (TPSA) is 105 Å². The molecule has 1 N–H and O–H groups in total. The number of amides is 2. The number of carbonyl (C=O) groups is 2. The summed E-state index contributed by atoms with van der Waals surface area (Å²) < 4.78 is 39.4. The number of nitrogens with one attached hydrogen (secondary N) is 1. The Morgan fingerprint density at radius 1 is 0.921 bits per heavy atom. The third-order valence-electron chi connectivity index (χ3n) is 6.08. The van der Waals surface area contributed by atoms with E-state index in [0.717, 1.165) is 9.87 Å². The van der Waals surface area contributed by atoms with Gasteiger partial charge in [0.25, 0.3) is 10.0 Å². The van der Waals surface area contributed by atoms with Crippen LogP contribution in [-0.2, 0) is 26.2 Å². The molecule has 0 saturated carbocycles. The van der Waals surface area contributed by atoms with Crippen molar-refractivity contribution in [2.45, 2.75) is 30.8 Å². The zero-order valence-electron chi connectivity index (χ0n) is 22.0. The van der Waals surface area contributed by atoms with Crippen LogP contribution in [0, 0.1) is 0 Å². The maximum atomic E-state index is 14.0. The number of anilines is 1. The third kappa shape index (κ3) is 6.44. The van der Waals surface area contributed by atoms with Gasteiger partial charge in [-0.25, -0.2) is 8.42 Å². The molecule has 10 heteroatoms. The summed E-state index contributed by atoms with van der Waals surface area (Å²) >= 11 is 0. The Balaban J connectivity index is 2.09. The molecule has 3 aromatic rings. The molecule has 0 bridgehead atoms. The van der Waals surface area contributed by atoms with Crippen molar-refractivity contribution >= 4 is 27.5 Å². The number of benzene rings is 3. The Bertz CT molecular complexity index is 1350. The van der Waals surface area contributed by atoms with Crippen LogP contribution in [0.25, 0.3) is 0 Å². The van der Waals surface area contributed by atoms with E-state index >= 15 is 0 Å². The number of likely N-dealkylation sites (N-methyl/N-ethyl adjacent to an activating group) is 1. The number of carbonyl (C=O) groups excluding carboxylic acids is 2. The normalized spacial score (nSPS) is 11.8. The fourth-order valence-corrected chi connectivity index (χ4v) is 5.57. The lowest BCUT2D eigenvalue weighted by molar-refractivity contribution is -0.140. The van der Waals surface area contributed by atoms with Crippen molar-refractivity contribution in [3.63, 3.8) is 0 Å². The lowest BCUT2D eigenvalue weighted by atomic mass is 10.1. The average molecular weight is 540 g/mol. The third-order valence-corrected chi connectivity index (χ3v) is 7.86. The molecule has 0 aliphatic heterocycles. The van der Waals surface area contributed by atoms with Crippen LogP contribution in [0.2, 0.25) is 0 Å². The number of rotatable bonds is 12. The fourth-order valence-electron chi connectivity index (χ4n) is 4.12. The van der Waals surface area contributed by atoms with Gasteiger partial charge in [0, 0.05) is 13.6 Å². The summed E-state index contributed by atoms with van der Waals surface area (Å²) in [5, 5.41) is 2.61. The number of para-hydroxylation sites is 2. The molecule has 1 atom stereocenters. The van der Waals surface area contributed by atoms with E-state index in [0.29, 0.717) is 12.2 Å². The molecule has 0 radical (unpaired) electrons. The number of sulfonamides is 1. The molecule has 0 heterocycles. The van der Waals surface area contributed by atoms with E-state index in [2.05, 4.69) is 5.32 Å². The molecule has 0 fully saturated rings. The van der Waals surface area contributed by atoms with Crippen LogP contribution in [-0.4, -0.2) is 59.0 Å². The van der Waals surface area contributed by atoms with Crippen molar-refractivity contribution < 1.29 is 27.5 Å². The number of ether oxygens (including phenoxy) is 2. The van der Waals surface area contributed by atoms with Crippen LogP contribution >= 0.6 is 0 Å². The zero-order valence-corrected chi connectivity index (χ0v) is 22.8. The highest BCUT2D eigenvalue weighted by atomic mass is 32.2. The Morgan fingerprint density at radius 2 is 1.61 bits per heavy atom. The minimum Gasteiger partial charge on any atom is -0.497 e. The summed E-state index contributed by atoms with van der Waals surface area (Å²) in [6.45, 7) is 1.33. The van der Waals surface area contributed by atoms with Gasteiger partial charge in [0.2, 0.25) is 11.8 Å². The van der Waals surface area contributed by atoms with Gasteiger partial charge in [-0.3, -0.25) is 13.9 Å². The molecule has 3 aromatic carbocycles. The molecule has 0 unspecified atom stereocenters. The van der Waals surface area contributed by atoms with Gasteiger partial charge in [-0.05, 0) is 48.4 Å². The molecule has 9 nitrogen and oxygen atoms in total. The van der Waals surface area contributed by atoms with Crippen LogP contribution in [0.15, 0.2) is 83.8 Å². The van der Waals surface area contributed by atoms with Crippen LogP contribution in [0.4, 0.5) is 5.69 Å². The smallest absolute Gasteiger partial charge is 0.264 e. The Morgan fingerprint density at radius 3 is 2.24 bits per heavy atom. The van der Waals surface area contributed by atoms with E-state index in [1.807, 2.05) is 6.07 Å². The molecule has 0 saturated heterocycles. The summed E-state index contributed by atoms with van der Waals surface area (Å²) in [6.07, 6.45) is 0.329. The monoisotopic (exact) mass is 539 g/mol. The number of hydrogen-bond donors (Lipinski definition) is 1. The predicted molar refractivity (Wildman–Crippen MR) is 146 cm³/mol. The summed E-state index contributed by atoms with van der Waals surface area (Å²) in [6, 6.07) is 20.8. The Kier molecular flexibility index (Phi) is 9.72. The van der Waals surface area contributed by atoms with Crippen molar-refractivity contribution in [2.75, 3.05) is 32.1 Å². The predicted octanol–water partition coefficient (Wildman–Crippen LogP) is 3.45. The second-order valence-electron chi connectivity index (χ2n) is 8.41. The first-order chi connectivity index (χ1) is 18.3. The van der Waals surface area contributed by atoms with E-state index in [1.54, 1.807) is 74.7 Å². The molecule has 3 rings (SSSR count). The van der Waals surface area contributed by atoms with E-state index in [-0.39, 0.29) is 28.8 Å². The van der Waals surface area contributed by atoms with Gasteiger partial charge in [-0.15, -0.1) is 0 Å². The van der Waals surface area contributed by atoms with Crippen LogP contribution in [0.5, 0.6) is 11.5 Å². The highest BCUT2D eigenvalue weighted by Gasteiger charge is 2.34. The molecular formula is C28H33N3O6S. The van der Waals surface area contributed by atoms with Gasteiger partial charge in [0.15, 0.2) is 0 Å². The summed E-state index contributed by atoms with van der Waals surface area (Å²) in [5.41, 5.74) is 0.941. The Labute approximate surface area is 224 Å². The maximum Gasteiger partial charge on any atom is 0.264 e. The van der Waals surface area contributed by atoms with Crippen molar-refractivity contribution in [1.82, 2.24) is 10.2 Å². The highest BCUT2D eigenvalue weighted by molar-refractivity contribution is 7.92. The minimum atomic E-state index is -4.17. The van der Waals surface area contributed by atoms with Gasteiger partial charge < -0.3 is 19.7 Å². The number of hydrogen-bond acceptors (Lipinski definition) is 6. The van der Waals surface area contributed by atoms with Crippen molar-refractivity contribution in [3.8, 4) is 11.5 Å². The molecule has 2 amide bonds. The molecular weight excluding hydrogens is 506 g/mol. The molecule has 0 aromatic heterocycles. The van der Waals surface area contributed by atoms with E-state index in [4.69, 9.17) is 9.47 Å². The average Bonchev–Trinajstić information content (AvgIpc) is 2.95. The van der Waals surface area contributed by atoms with E-state index < -0.39 is 28.5 Å². The van der Waals surface area contributed by atoms with E-state index in [1.165, 1.54) is 31.2 Å². The summed E-state index contributed by atoms with van der Waals surface area (Å²) in [7, 11) is 0.303. The number of methoxy groups -OCH3 is 2. The Hall–Kier alpha value is -4.05. The van der Waals surface area contributed by atoms with Crippen molar-refractivity contribution in [2.24, 2.45) is 0 Å². The fraction of sp³-hybridized carbons (Fsp3) is 0.286. The molecule has 202 valence electrons. The highest BCUT2D eigenvalue weighted by Crippen LogP contribution is 2.32. The zero-order chi connectivity index (χ0) is 27.7. The molecule has 0 spiro atoms. The lowest BCUT2D eigenvalue weighted by Crippen LogP contribution is -2.51. The van der Waals surface area contributed by atoms with E-state index in [9.17, 15) is 18.0 Å². The standard InChI is InChI=1S/C28H33N3O6S/c1-5-24(28(33)29-2)30(19-21-12-11-13-22(18-21)36-3)27(32)20-31(25-16-9-10-17-26(25)37-4)38(34,35)23-14-7-6-8-15-23/h6-18,24H,5,19-20H2,1-4H3,(H,29,33)/t24-/m0/s1. The largest absolute Gasteiger partial charge is 0.497 e. The number of nitrogens with zero attached hydrogens (tertiary/aromatic N) is 2. The van der Waals surface area contributed by atoms with Crippen molar-refractivity contribution in [1.29, 1.82) is 0 Å². The maximum absolute atomic E-state index is 14.0. The quantitative estimate of drug-likeness (QED) is 0.378. The van der Waals surface area contributed by atoms with Gasteiger partial charge >= 0.3 is 0 Å². The van der Waals surface area contributed by atoms with Crippen LogP contribution in [0.1, 0.15) is 18.9 Å². The first-order valence-corrected chi connectivity index (χ1v) is 13.6. The molecule has 0 aliphatic carbocycles.